The van der Waals surface area contributed by atoms with Crippen LogP contribution in [0.5, 0.6) is 11.5 Å². The minimum Gasteiger partial charge on any atom is -0.497 e. The summed E-state index contributed by atoms with van der Waals surface area (Å²) in [5.41, 5.74) is 2.37. The topological polar surface area (TPSA) is 73.7 Å². The van der Waals surface area contributed by atoms with Crippen LogP contribution in [0.2, 0.25) is 0 Å². The summed E-state index contributed by atoms with van der Waals surface area (Å²) in [6.07, 6.45) is 1.75. The Balaban J connectivity index is 1.86. The van der Waals surface area contributed by atoms with Crippen molar-refractivity contribution in [3.8, 4) is 11.5 Å². The molecule has 0 N–H and O–H groups in total. The third-order valence-electron chi connectivity index (χ3n) is 4.20. The molecule has 2 aromatic rings. The molecule has 1 aliphatic heterocycles. The third-order valence-corrected chi connectivity index (χ3v) is 4.82. The largest absolute Gasteiger partial charge is 0.497 e. The van der Waals surface area contributed by atoms with Crippen LogP contribution in [-0.2, 0) is 11.3 Å². The van der Waals surface area contributed by atoms with Crippen molar-refractivity contribution in [1.82, 2.24) is 14.7 Å². The Morgan fingerprint density at radius 3 is 2.88 bits per heavy atom. The number of carbonyl (C=O) groups excluding carboxylic acids is 1. The van der Waals surface area contributed by atoms with Crippen LogP contribution in [-0.4, -0.2) is 41.4 Å². The lowest BCUT2D eigenvalue weighted by molar-refractivity contribution is -0.133. The Hall–Kier alpha value is -2.35. The van der Waals surface area contributed by atoms with Gasteiger partial charge in [-0.05, 0) is 31.0 Å². The fourth-order valence-electron chi connectivity index (χ4n) is 3.05. The fraction of sp³-hybridized carbons (Fsp3) is 0.438. The van der Waals surface area contributed by atoms with Gasteiger partial charge >= 0.3 is 4.87 Å². The molecule has 8 heteroatoms. The van der Waals surface area contributed by atoms with Gasteiger partial charge in [-0.15, -0.1) is 0 Å². The molecule has 1 fully saturated rings. The molecule has 1 unspecified atom stereocenters. The van der Waals surface area contributed by atoms with Crippen LogP contribution in [0.4, 0.5) is 0 Å². The second-order valence-electron chi connectivity index (χ2n) is 5.52. The van der Waals surface area contributed by atoms with Crippen LogP contribution in [0.25, 0.3) is 0 Å². The van der Waals surface area contributed by atoms with Crippen molar-refractivity contribution < 1.29 is 14.3 Å². The van der Waals surface area contributed by atoms with Crippen LogP contribution in [0.15, 0.2) is 28.5 Å². The van der Waals surface area contributed by atoms with E-state index in [9.17, 15) is 9.59 Å². The fourth-order valence-corrected chi connectivity index (χ4v) is 3.53. The molecule has 128 valence electrons. The predicted octanol–water partition coefficient (Wildman–Crippen LogP) is 1.69. The lowest BCUT2D eigenvalue weighted by atomic mass is 10.0. The first kappa shape index (κ1) is 16.5. The van der Waals surface area contributed by atoms with Crippen LogP contribution in [0.1, 0.15) is 24.4 Å². The molecule has 0 radical (unpaired) electrons. The Morgan fingerprint density at radius 2 is 2.21 bits per heavy atom. The van der Waals surface area contributed by atoms with Crippen LogP contribution >= 0.6 is 11.3 Å². The Morgan fingerprint density at radius 1 is 1.38 bits per heavy atom. The molecule has 2 heterocycles. The molecule has 0 saturated carbocycles. The van der Waals surface area contributed by atoms with E-state index in [4.69, 9.17) is 9.47 Å². The van der Waals surface area contributed by atoms with Gasteiger partial charge in [0.05, 0.1) is 20.3 Å². The maximum atomic E-state index is 12.7. The van der Waals surface area contributed by atoms with Crippen molar-refractivity contribution in [3.05, 3.63) is 38.9 Å². The van der Waals surface area contributed by atoms with Gasteiger partial charge in [0.2, 0.25) is 5.91 Å². The Labute approximate surface area is 143 Å². The zero-order valence-electron chi connectivity index (χ0n) is 13.6. The van der Waals surface area contributed by atoms with E-state index >= 15 is 0 Å². The number of hydrogen-bond donors (Lipinski definition) is 0. The molecule has 1 atom stereocenters. The van der Waals surface area contributed by atoms with Gasteiger partial charge in [0, 0.05) is 12.1 Å². The highest BCUT2D eigenvalue weighted by molar-refractivity contribution is 7.06. The summed E-state index contributed by atoms with van der Waals surface area (Å²) >= 11 is 0.986. The van der Waals surface area contributed by atoms with Gasteiger partial charge in [-0.25, -0.2) is 4.68 Å². The van der Waals surface area contributed by atoms with Crippen LogP contribution < -0.4 is 14.3 Å². The first-order valence-electron chi connectivity index (χ1n) is 7.66. The molecule has 0 bridgehead atoms. The van der Waals surface area contributed by atoms with Crippen molar-refractivity contribution in [2.24, 2.45) is 0 Å². The maximum Gasteiger partial charge on any atom is 0.325 e. The molecular weight excluding hydrogens is 330 g/mol. The molecule has 24 heavy (non-hydrogen) atoms. The van der Waals surface area contributed by atoms with Gasteiger partial charge in [-0.1, -0.05) is 11.3 Å². The van der Waals surface area contributed by atoms with E-state index in [1.807, 2.05) is 18.2 Å². The number of nitrogens with zero attached hydrogens (tertiary/aromatic N) is 3. The summed E-state index contributed by atoms with van der Waals surface area (Å²) < 4.78 is 11.9. The van der Waals surface area contributed by atoms with Crippen LogP contribution in [0.3, 0.4) is 0 Å². The average Bonchev–Trinajstić information content (AvgIpc) is 3.23. The highest BCUT2D eigenvalue weighted by atomic mass is 32.1. The predicted molar refractivity (Wildman–Crippen MR) is 89.6 cm³/mol. The van der Waals surface area contributed by atoms with E-state index < -0.39 is 0 Å². The number of amides is 1. The van der Waals surface area contributed by atoms with Gasteiger partial charge in [0.15, 0.2) is 0 Å². The lowest BCUT2D eigenvalue weighted by Crippen LogP contribution is -2.35. The second kappa shape index (κ2) is 7.04. The molecule has 7 nitrogen and oxygen atoms in total. The van der Waals surface area contributed by atoms with Gasteiger partial charge in [-0.2, -0.15) is 5.10 Å². The lowest BCUT2D eigenvalue weighted by Gasteiger charge is -2.26. The molecule has 1 saturated heterocycles. The summed E-state index contributed by atoms with van der Waals surface area (Å²) in [4.78, 5) is 25.8. The first-order valence-corrected chi connectivity index (χ1v) is 8.54. The Kier molecular flexibility index (Phi) is 4.84. The number of rotatable bonds is 5. The number of likely N-dealkylation sites (tertiary alicyclic amines) is 1. The van der Waals surface area contributed by atoms with Gasteiger partial charge in [-0.3, -0.25) is 9.59 Å². The number of aromatic nitrogens is 2. The first-order chi connectivity index (χ1) is 11.6. The smallest absolute Gasteiger partial charge is 0.325 e. The van der Waals surface area contributed by atoms with Crippen molar-refractivity contribution in [2.45, 2.75) is 25.4 Å². The number of ether oxygens (including phenoxy) is 2. The van der Waals surface area contributed by atoms with E-state index in [0.29, 0.717) is 6.54 Å². The normalized spacial score (nSPS) is 17.1. The Bertz CT molecular complexity index is 786. The minimum atomic E-state index is -0.224. The summed E-state index contributed by atoms with van der Waals surface area (Å²) in [5, 5.41) is 3.92. The molecule has 1 aromatic carbocycles. The molecular formula is C16H19N3O4S. The summed E-state index contributed by atoms with van der Waals surface area (Å²) in [5.74, 6) is 1.34. The highest BCUT2D eigenvalue weighted by Crippen LogP contribution is 2.38. The third kappa shape index (κ3) is 3.14. The molecule has 1 aromatic heterocycles. The van der Waals surface area contributed by atoms with E-state index in [1.54, 1.807) is 19.1 Å². The number of carbonyl (C=O) groups is 1. The highest BCUT2D eigenvalue weighted by Gasteiger charge is 2.32. The van der Waals surface area contributed by atoms with Gasteiger partial charge in [0.25, 0.3) is 0 Å². The number of methoxy groups -OCH3 is 2. The van der Waals surface area contributed by atoms with E-state index in [1.165, 1.54) is 10.2 Å². The van der Waals surface area contributed by atoms with Gasteiger partial charge in [0.1, 0.15) is 23.6 Å². The van der Waals surface area contributed by atoms with E-state index in [-0.39, 0.29) is 23.4 Å². The number of benzene rings is 1. The molecule has 0 spiro atoms. The van der Waals surface area contributed by atoms with Crippen LogP contribution in [0, 0.1) is 0 Å². The molecule has 1 amide bonds. The SMILES string of the molecule is COc1ccc(OC)c(C2CCCN2C(=O)Cn2ncsc2=O)c1. The minimum absolute atomic E-state index is 0.0366. The van der Waals surface area contributed by atoms with Crippen molar-refractivity contribution in [1.29, 1.82) is 0 Å². The summed E-state index contributed by atoms with van der Waals surface area (Å²) in [7, 11) is 3.22. The van der Waals surface area contributed by atoms with E-state index in [2.05, 4.69) is 5.10 Å². The average molecular weight is 349 g/mol. The number of hydrogen-bond acceptors (Lipinski definition) is 6. The van der Waals surface area contributed by atoms with E-state index in [0.717, 1.165) is 41.2 Å². The second-order valence-corrected chi connectivity index (χ2v) is 6.31. The standard InChI is InChI=1S/C16H19N3O4S/c1-22-11-5-6-14(23-2)12(8-11)13-4-3-7-18(13)15(20)9-19-16(21)24-10-17-19/h5-6,8,10,13H,3-4,7,9H2,1-2H3. The monoisotopic (exact) mass is 349 g/mol. The molecule has 1 aliphatic rings. The quantitative estimate of drug-likeness (QED) is 0.821. The van der Waals surface area contributed by atoms with Crippen molar-refractivity contribution in [3.63, 3.8) is 0 Å². The summed E-state index contributed by atoms with van der Waals surface area (Å²) in [6.45, 7) is 0.619. The van der Waals surface area contributed by atoms with Gasteiger partial charge < -0.3 is 14.4 Å². The molecule has 0 aliphatic carbocycles. The maximum absolute atomic E-state index is 12.7. The van der Waals surface area contributed by atoms with Crippen molar-refractivity contribution >= 4 is 17.2 Å². The zero-order chi connectivity index (χ0) is 17.1. The zero-order valence-corrected chi connectivity index (χ0v) is 14.4. The summed E-state index contributed by atoms with van der Waals surface area (Å²) in [6, 6.07) is 5.50. The molecule has 3 rings (SSSR count). The van der Waals surface area contributed by atoms with Crippen molar-refractivity contribution in [2.75, 3.05) is 20.8 Å².